The van der Waals surface area contributed by atoms with Crippen LogP contribution in [0.5, 0.6) is 0 Å². The van der Waals surface area contributed by atoms with Crippen molar-refractivity contribution in [3.63, 3.8) is 0 Å². The van der Waals surface area contributed by atoms with Crippen LogP contribution in [0.3, 0.4) is 0 Å². The molecule has 1 aliphatic rings. The van der Waals surface area contributed by atoms with Gasteiger partial charge in [-0.3, -0.25) is 4.68 Å². The van der Waals surface area contributed by atoms with E-state index in [0.717, 1.165) is 53.8 Å². The third-order valence-electron chi connectivity index (χ3n) is 5.54. The molecule has 1 amide bonds. The molecule has 1 N–H and O–H groups in total. The summed E-state index contributed by atoms with van der Waals surface area (Å²) >= 11 is 0. The molecule has 0 aliphatic heterocycles. The van der Waals surface area contributed by atoms with E-state index in [4.69, 9.17) is 14.6 Å². The van der Waals surface area contributed by atoms with Crippen molar-refractivity contribution in [1.82, 2.24) is 14.7 Å². The summed E-state index contributed by atoms with van der Waals surface area (Å²) in [5, 5.41) is 9.35. The molecule has 1 heterocycles. The van der Waals surface area contributed by atoms with E-state index < -0.39 is 5.60 Å². The number of hydrogen-bond donors (Lipinski definition) is 1. The zero-order valence-corrected chi connectivity index (χ0v) is 20.0. The van der Waals surface area contributed by atoms with Crippen molar-refractivity contribution >= 4 is 28.5 Å². The van der Waals surface area contributed by atoms with Crippen molar-refractivity contribution in [3.05, 3.63) is 54.1 Å². The summed E-state index contributed by atoms with van der Waals surface area (Å²) in [5.74, 6) is 0.825. The molecule has 0 atom stereocenters. The van der Waals surface area contributed by atoms with Gasteiger partial charge in [-0.1, -0.05) is 24.3 Å². The highest BCUT2D eigenvalue weighted by Crippen LogP contribution is 2.32. The fraction of sp³-hybridized carbons (Fsp3) is 0.462. The summed E-state index contributed by atoms with van der Waals surface area (Å²) in [6.07, 6.45) is 2.68. The molecule has 7 nitrogen and oxygen atoms in total. The Hall–Kier alpha value is -3.06. The van der Waals surface area contributed by atoms with Gasteiger partial charge >= 0.3 is 6.09 Å². The molecule has 33 heavy (non-hydrogen) atoms. The van der Waals surface area contributed by atoms with Crippen LogP contribution in [0.2, 0.25) is 0 Å². The molecule has 0 saturated heterocycles. The maximum absolute atomic E-state index is 12.8. The lowest BCUT2D eigenvalue weighted by atomic mass is 10.1. The summed E-state index contributed by atoms with van der Waals surface area (Å²) in [7, 11) is 1.71. The fourth-order valence-electron chi connectivity index (χ4n) is 3.84. The maximum Gasteiger partial charge on any atom is 0.410 e. The Balaban J connectivity index is 1.61. The van der Waals surface area contributed by atoms with Gasteiger partial charge in [-0.25, -0.2) is 4.79 Å². The number of ether oxygens (including phenoxy) is 2. The molecule has 0 spiro atoms. The van der Waals surface area contributed by atoms with Crippen LogP contribution in [0, 0.1) is 0 Å². The SMILES string of the molecule is COCCCn1nc(Nc2ccccc2)c2ccc(CN(C(=O)OC(C)(C)C)C3CC3)cc21. The number of para-hydroxylation sites is 1. The highest BCUT2D eigenvalue weighted by Gasteiger charge is 2.35. The molecule has 0 unspecified atom stereocenters. The summed E-state index contributed by atoms with van der Waals surface area (Å²) in [4.78, 5) is 14.7. The Morgan fingerprint density at radius 2 is 1.94 bits per heavy atom. The molecule has 176 valence electrons. The normalized spacial score (nSPS) is 13.8. The van der Waals surface area contributed by atoms with Crippen molar-refractivity contribution in [2.24, 2.45) is 0 Å². The topological polar surface area (TPSA) is 68.6 Å². The fourth-order valence-corrected chi connectivity index (χ4v) is 3.84. The van der Waals surface area contributed by atoms with Gasteiger partial charge in [0.05, 0.1) is 5.52 Å². The molecular weight excluding hydrogens is 416 g/mol. The van der Waals surface area contributed by atoms with Crippen molar-refractivity contribution in [2.75, 3.05) is 19.0 Å². The Bertz CT molecular complexity index is 1080. The number of rotatable bonds is 9. The number of nitrogens with one attached hydrogen (secondary N) is 1. The van der Waals surface area contributed by atoms with E-state index >= 15 is 0 Å². The lowest BCUT2D eigenvalue weighted by Crippen LogP contribution is -2.37. The molecule has 0 bridgehead atoms. The van der Waals surface area contributed by atoms with Gasteiger partial charge in [-0.2, -0.15) is 5.10 Å². The van der Waals surface area contributed by atoms with E-state index in [1.807, 2.05) is 60.7 Å². The van der Waals surface area contributed by atoms with Crippen LogP contribution in [0.1, 0.15) is 45.6 Å². The molecular formula is C26H34N4O3. The minimum atomic E-state index is -0.508. The number of nitrogens with zero attached hydrogens (tertiary/aromatic N) is 3. The first kappa shape index (κ1) is 23.1. The summed E-state index contributed by atoms with van der Waals surface area (Å²) < 4.78 is 12.9. The number of amides is 1. The van der Waals surface area contributed by atoms with Crippen molar-refractivity contribution in [2.45, 2.75) is 64.8 Å². The second-order valence-corrected chi connectivity index (χ2v) is 9.60. The van der Waals surface area contributed by atoms with Crippen molar-refractivity contribution in [1.29, 1.82) is 0 Å². The van der Waals surface area contributed by atoms with Gasteiger partial charge in [0.25, 0.3) is 0 Å². The van der Waals surface area contributed by atoms with Gasteiger partial charge in [-0.15, -0.1) is 0 Å². The van der Waals surface area contributed by atoms with Crippen LogP contribution in [0.4, 0.5) is 16.3 Å². The molecule has 7 heteroatoms. The molecule has 1 fully saturated rings. The molecule has 3 aromatic rings. The highest BCUT2D eigenvalue weighted by atomic mass is 16.6. The Morgan fingerprint density at radius 1 is 1.18 bits per heavy atom. The maximum atomic E-state index is 12.8. The van der Waals surface area contributed by atoms with E-state index in [9.17, 15) is 4.79 Å². The minimum Gasteiger partial charge on any atom is -0.444 e. The number of carbonyl (C=O) groups excluding carboxylic acids is 1. The van der Waals surface area contributed by atoms with E-state index in [1.165, 1.54) is 0 Å². The first-order valence-corrected chi connectivity index (χ1v) is 11.6. The zero-order valence-electron chi connectivity index (χ0n) is 20.0. The van der Waals surface area contributed by atoms with E-state index in [1.54, 1.807) is 7.11 Å². The average molecular weight is 451 g/mol. The largest absolute Gasteiger partial charge is 0.444 e. The highest BCUT2D eigenvalue weighted by molar-refractivity contribution is 5.92. The molecule has 1 aliphatic carbocycles. The number of anilines is 2. The summed E-state index contributed by atoms with van der Waals surface area (Å²) in [5.41, 5.74) is 2.60. The molecule has 1 saturated carbocycles. The van der Waals surface area contributed by atoms with Gasteiger partial charge in [0, 0.05) is 43.9 Å². The van der Waals surface area contributed by atoms with Gasteiger partial charge in [0.1, 0.15) is 5.60 Å². The lowest BCUT2D eigenvalue weighted by Gasteiger charge is -2.27. The van der Waals surface area contributed by atoms with Crippen molar-refractivity contribution in [3.8, 4) is 0 Å². The van der Waals surface area contributed by atoms with Crippen LogP contribution in [0.15, 0.2) is 48.5 Å². The smallest absolute Gasteiger partial charge is 0.410 e. The van der Waals surface area contributed by atoms with Gasteiger partial charge in [-0.05, 0) is 69.9 Å². The number of hydrogen-bond acceptors (Lipinski definition) is 5. The molecule has 4 rings (SSSR count). The molecule has 1 aromatic heterocycles. The van der Waals surface area contributed by atoms with Crippen LogP contribution >= 0.6 is 0 Å². The zero-order chi connectivity index (χ0) is 23.4. The van der Waals surface area contributed by atoms with E-state index in [0.29, 0.717) is 13.2 Å². The second kappa shape index (κ2) is 9.83. The average Bonchev–Trinajstić information content (AvgIpc) is 3.55. The third-order valence-corrected chi connectivity index (χ3v) is 5.54. The molecule has 0 radical (unpaired) electrons. The molecule has 2 aromatic carbocycles. The van der Waals surface area contributed by atoms with Crippen LogP contribution in [-0.4, -0.2) is 46.1 Å². The quantitative estimate of drug-likeness (QED) is 0.423. The number of methoxy groups -OCH3 is 1. The predicted octanol–water partition coefficient (Wildman–Crippen LogP) is 5.72. The van der Waals surface area contributed by atoms with E-state index in [2.05, 4.69) is 23.5 Å². The van der Waals surface area contributed by atoms with Gasteiger partial charge in [0.15, 0.2) is 5.82 Å². The first-order chi connectivity index (χ1) is 15.8. The number of aromatic nitrogens is 2. The lowest BCUT2D eigenvalue weighted by molar-refractivity contribution is 0.0217. The van der Waals surface area contributed by atoms with Gasteiger partial charge < -0.3 is 19.7 Å². The standard InChI is InChI=1S/C26H34N4O3/c1-26(2,3)33-25(31)29(21-12-13-21)18-19-11-14-22-23(17-19)30(15-8-16-32-4)28-24(22)27-20-9-6-5-7-10-20/h5-7,9-11,14,17,21H,8,12-13,15-16,18H2,1-4H3,(H,27,28). The number of carbonyl (C=O) groups is 1. The number of benzene rings is 2. The van der Waals surface area contributed by atoms with E-state index in [-0.39, 0.29) is 12.1 Å². The number of fused-ring (bicyclic) bond motifs is 1. The van der Waals surface area contributed by atoms with Crippen LogP contribution in [0.25, 0.3) is 10.9 Å². The monoisotopic (exact) mass is 450 g/mol. The van der Waals surface area contributed by atoms with Crippen molar-refractivity contribution < 1.29 is 14.3 Å². The first-order valence-electron chi connectivity index (χ1n) is 11.6. The second-order valence-electron chi connectivity index (χ2n) is 9.60. The predicted molar refractivity (Wildman–Crippen MR) is 131 cm³/mol. The van der Waals surface area contributed by atoms with Crippen LogP contribution in [-0.2, 0) is 22.6 Å². The Morgan fingerprint density at radius 3 is 2.61 bits per heavy atom. The Labute approximate surface area is 195 Å². The van der Waals surface area contributed by atoms with Gasteiger partial charge in [0.2, 0.25) is 0 Å². The number of aryl methyl sites for hydroxylation is 1. The minimum absolute atomic E-state index is 0.245. The summed E-state index contributed by atoms with van der Waals surface area (Å²) in [6, 6.07) is 16.6. The summed E-state index contributed by atoms with van der Waals surface area (Å²) in [6.45, 7) is 7.67. The third kappa shape index (κ3) is 6.05. The van der Waals surface area contributed by atoms with Crippen LogP contribution < -0.4 is 5.32 Å². The Kier molecular flexibility index (Phi) is 6.88.